The minimum Gasteiger partial charge on any atom is -0.480 e. The maximum Gasteiger partial charge on any atom is 0.326 e. The van der Waals surface area contributed by atoms with Crippen molar-refractivity contribution in [2.75, 3.05) is 20.3 Å². The third kappa shape index (κ3) is 3.89. The molecule has 6 nitrogen and oxygen atoms in total. The molecule has 6 heteroatoms. The highest BCUT2D eigenvalue weighted by molar-refractivity contribution is 5.82. The standard InChI is InChI=1S/C11H20N2O4/c1-3-4-9(10(14)15)12-11(16)13(2)8-5-6-17-7-8/h8-9H,3-7H2,1-2H3,(H,12,16)(H,14,15)/t8?,9-/m0/s1. The highest BCUT2D eigenvalue weighted by Crippen LogP contribution is 2.11. The SMILES string of the molecule is CCC[C@H](NC(=O)N(C)C1CCOC1)C(=O)O. The summed E-state index contributed by atoms with van der Waals surface area (Å²) in [5.74, 6) is -0.990. The molecular weight excluding hydrogens is 224 g/mol. The van der Waals surface area contributed by atoms with Crippen LogP contribution >= 0.6 is 0 Å². The summed E-state index contributed by atoms with van der Waals surface area (Å²) in [5, 5.41) is 11.5. The smallest absolute Gasteiger partial charge is 0.326 e. The number of rotatable bonds is 5. The van der Waals surface area contributed by atoms with Gasteiger partial charge in [0.2, 0.25) is 0 Å². The summed E-state index contributed by atoms with van der Waals surface area (Å²) in [6.07, 6.45) is 1.96. The zero-order valence-corrected chi connectivity index (χ0v) is 10.3. The van der Waals surface area contributed by atoms with Gasteiger partial charge in [-0.05, 0) is 12.8 Å². The number of carboxylic acid groups (broad SMARTS) is 1. The van der Waals surface area contributed by atoms with Gasteiger partial charge in [-0.1, -0.05) is 13.3 Å². The van der Waals surface area contributed by atoms with Gasteiger partial charge < -0.3 is 20.1 Å². The van der Waals surface area contributed by atoms with Gasteiger partial charge in [-0.3, -0.25) is 0 Å². The van der Waals surface area contributed by atoms with Gasteiger partial charge in [-0.25, -0.2) is 9.59 Å². The first kappa shape index (κ1) is 13.8. The molecule has 1 heterocycles. The number of carboxylic acids is 1. The summed E-state index contributed by atoms with van der Waals surface area (Å²) in [6.45, 7) is 3.06. The monoisotopic (exact) mass is 244 g/mol. The van der Waals surface area contributed by atoms with E-state index in [0.29, 0.717) is 26.1 Å². The van der Waals surface area contributed by atoms with Crippen LogP contribution in [0.5, 0.6) is 0 Å². The third-order valence-electron chi connectivity index (χ3n) is 2.95. The topological polar surface area (TPSA) is 78.9 Å². The summed E-state index contributed by atoms with van der Waals surface area (Å²) < 4.78 is 5.19. The largest absolute Gasteiger partial charge is 0.480 e. The lowest BCUT2D eigenvalue weighted by Gasteiger charge is -2.25. The molecule has 98 valence electrons. The molecule has 0 aromatic heterocycles. The molecule has 2 atom stereocenters. The van der Waals surface area contributed by atoms with E-state index in [-0.39, 0.29) is 12.1 Å². The molecule has 0 aromatic rings. The van der Waals surface area contributed by atoms with Gasteiger partial charge >= 0.3 is 12.0 Å². The van der Waals surface area contributed by atoms with E-state index in [1.165, 1.54) is 4.90 Å². The summed E-state index contributed by atoms with van der Waals surface area (Å²) in [5.41, 5.74) is 0. The van der Waals surface area contributed by atoms with Crippen molar-refractivity contribution in [2.45, 2.75) is 38.3 Å². The van der Waals surface area contributed by atoms with Gasteiger partial charge in [0.1, 0.15) is 6.04 Å². The lowest BCUT2D eigenvalue weighted by atomic mass is 10.1. The number of nitrogens with one attached hydrogen (secondary N) is 1. The number of amides is 2. The minimum absolute atomic E-state index is 0.0473. The summed E-state index contributed by atoms with van der Waals surface area (Å²) >= 11 is 0. The molecule has 1 unspecified atom stereocenters. The van der Waals surface area contributed by atoms with Crippen LogP contribution in [-0.4, -0.2) is 54.4 Å². The number of nitrogens with zero attached hydrogens (tertiary/aromatic N) is 1. The number of likely N-dealkylation sites (N-methyl/N-ethyl adjacent to an activating group) is 1. The number of hydrogen-bond acceptors (Lipinski definition) is 3. The Kier molecular flexibility index (Phi) is 5.21. The predicted molar refractivity (Wildman–Crippen MR) is 61.9 cm³/mol. The van der Waals surface area contributed by atoms with E-state index in [4.69, 9.17) is 9.84 Å². The number of carbonyl (C=O) groups is 2. The van der Waals surface area contributed by atoms with Crippen molar-refractivity contribution in [3.8, 4) is 0 Å². The molecule has 0 spiro atoms. The molecule has 0 bridgehead atoms. The number of aliphatic carboxylic acids is 1. The van der Waals surface area contributed by atoms with Gasteiger partial charge in [-0.15, -0.1) is 0 Å². The second-order valence-electron chi connectivity index (χ2n) is 4.26. The molecule has 1 saturated heterocycles. The van der Waals surface area contributed by atoms with E-state index >= 15 is 0 Å². The van der Waals surface area contributed by atoms with E-state index in [2.05, 4.69) is 5.32 Å². The van der Waals surface area contributed by atoms with Crippen molar-refractivity contribution < 1.29 is 19.4 Å². The number of ether oxygens (including phenoxy) is 1. The Morgan fingerprint density at radius 2 is 2.29 bits per heavy atom. The maximum absolute atomic E-state index is 11.8. The lowest BCUT2D eigenvalue weighted by Crippen LogP contribution is -2.49. The molecule has 1 aliphatic rings. The van der Waals surface area contributed by atoms with Gasteiger partial charge in [0.25, 0.3) is 0 Å². The molecule has 17 heavy (non-hydrogen) atoms. The molecule has 1 fully saturated rings. The van der Waals surface area contributed by atoms with Crippen LogP contribution < -0.4 is 5.32 Å². The molecular formula is C11H20N2O4. The van der Waals surface area contributed by atoms with Gasteiger partial charge in [0, 0.05) is 13.7 Å². The zero-order valence-electron chi connectivity index (χ0n) is 10.3. The Labute approximate surface area is 101 Å². The normalized spacial score (nSPS) is 20.9. The summed E-state index contributed by atoms with van der Waals surface area (Å²) in [7, 11) is 1.67. The van der Waals surface area contributed by atoms with Gasteiger partial charge in [0.15, 0.2) is 0 Å². The predicted octanol–water partition coefficient (Wildman–Crippen LogP) is 0.670. The van der Waals surface area contributed by atoms with E-state index < -0.39 is 12.0 Å². The fourth-order valence-corrected chi connectivity index (χ4v) is 1.79. The molecule has 0 aromatic carbocycles. The van der Waals surface area contributed by atoms with E-state index in [1.54, 1.807) is 7.05 Å². The summed E-state index contributed by atoms with van der Waals surface area (Å²) in [6, 6.07) is -1.11. The number of carbonyl (C=O) groups excluding carboxylic acids is 1. The number of urea groups is 1. The fourth-order valence-electron chi connectivity index (χ4n) is 1.79. The fraction of sp³-hybridized carbons (Fsp3) is 0.818. The average molecular weight is 244 g/mol. The van der Waals surface area contributed by atoms with Crippen LogP contribution in [0.4, 0.5) is 4.79 Å². The van der Waals surface area contributed by atoms with Crippen LogP contribution in [0, 0.1) is 0 Å². The second kappa shape index (κ2) is 6.44. The van der Waals surface area contributed by atoms with Crippen molar-refractivity contribution in [1.29, 1.82) is 0 Å². The zero-order chi connectivity index (χ0) is 12.8. The van der Waals surface area contributed by atoms with Crippen molar-refractivity contribution in [3.05, 3.63) is 0 Å². The van der Waals surface area contributed by atoms with Crippen LogP contribution in [0.1, 0.15) is 26.2 Å². The highest BCUT2D eigenvalue weighted by Gasteiger charge is 2.27. The quantitative estimate of drug-likeness (QED) is 0.745. The Hall–Kier alpha value is -1.30. The number of hydrogen-bond donors (Lipinski definition) is 2. The average Bonchev–Trinajstić information content (AvgIpc) is 2.80. The Bertz CT molecular complexity index is 277. The molecule has 0 saturated carbocycles. The Morgan fingerprint density at radius 3 is 2.76 bits per heavy atom. The van der Waals surface area contributed by atoms with Crippen LogP contribution in [0.3, 0.4) is 0 Å². The van der Waals surface area contributed by atoms with Crippen LogP contribution in [0.2, 0.25) is 0 Å². The Morgan fingerprint density at radius 1 is 1.59 bits per heavy atom. The van der Waals surface area contributed by atoms with E-state index in [1.807, 2.05) is 6.92 Å². The molecule has 1 aliphatic heterocycles. The molecule has 0 aliphatic carbocycles. The first-order chi connectivity index (χ1) is 8.06. The van der Waals surface area contributed by atoms with Crippen molar-refractivity contribution in [3.63, 3.8) is 0 Å². The third-order valence-corrected chi connectivity index (χ3v) is 2.95. The lowest BCUT2D eigenvalue weighted by molar-refractivity contribution is -0.139. The molecule has 0 radical (unpaired) electrons. The van der Waals surface area contributed by atoms with Crippen LogP contribution in [0.25, 0.3) is 0 Å². The Balaban J connectivity index is 2.47. The first-order valence-electron chi connectivity index (χ1n) is 5.90. The maximum atomic E-state index is 11.8. The molecule has 2 amide bonds. The van der Waals surface area contributed by atoms with Crippen LogP contribution in [-0.2, 0) is 9.53 Å². The summed E-state index contributed by atoms with van der Waals surface area (Å²) in [4.78, 5) is 24.3. The van der Waals surface area contributed by atoms with Crippen LogP contribution in [0.15, 0.2) is 0 Å². The van der Waals surface area contributed by atoms with E-state index in [9.17, 15) is 9.59 Å². The van der Waals surface area contributed by atoms with Gasteiger partial charge in [-0.2, -0.15) is 0 Å². The van der Waals surface area contributed by atoms with Crippen molar-refractivity contribution in [1.82, 2.24) is 10.2 Å². The van der Waals surface area contributed by atoms with E-state index in [0.717, 1.165) is 6.42 Å². The van der Waals surface area contributed by atoms with Crippen molar-refractivity contribution in [2.24, 2.45) is 0 Å². The molecule has 1 rings (SSSR count). The van der Waals surface area contributed by atoms with Gasteiger partial charge in [0.05, 0.1) is 12.6 Å². The first-order valence-corrected chi connectivity index (χ1v) is 5.90. The molecule has 2 N–H and O–H groups in total. The minimum atomic E-state index is -0.990. The highest BCUT2D eigenvalue weighted by atomic mass is 16.5. The second-order valence-corrected chi connectivity index (χ2v) is 4.26. The van der Waals surface area contributed by atoms with Crippen molar-refractivity contribution >= 4 is 12.0 Å².